The van der Waals surface area contributed by atoms with E-state index in [1.807, 2.05) is 37.7 Å². The number of amides is 1. The second-order valence-electron chi connectivity index (χ2n) is 5.27. The molecule has 1 aromatic carbocycles. The molecule has 1 N–H and O–H groups in total. The zero-order valence-electron chi connectivity index (χ0n) is 12.2. The SMILES string of the molecule is Cc1noc(C)c1CC(=O)NC1CCSc2ccccc21. The van der Waals surface area contributed by atoms with Gasteiger partial charge in [0.25, 0.3) is 0 Å². The van der Waals surface area contributed by atoms with E-state index in [2.05, 4.69) is 22.6 Å². The van der Waals surface area contributed by atoms with Crippen LogP contribution in [0.15, 0.2) is 33.7 Å². The van der Waals surface area contributed by atoms with Crippen molar-refractivity contribution >= 4 is 17.7 Å². The van der Waals surface area contributed by atoms with Crippen LogP contribution in [0, 0.1) is 13.8 Å². The van der Waals surface area contributed by atoms with Crippen LogP contribution in [0.2, 0.25) is 0 Å². The van der Waals surface area contributed by atoms with E-state index in [1.165, 1.54) is 10.5 Å². The number of thioether (sulfide) groups is 1. The molecule has 1 aromatic heterocycles. The third-order valence-corrected chi connectivity index (χ3v) is 4.93. The van der Waals surface area contributed by atoms with Gasteiger partial charge in [-0.1, -0.05) is 23.4 Å². The minimum atomic E-state index is 0.0242. The first-order chi connectivity index (χ1) is 10.1. The third-order valence-electron chi connectivity index (χ3n) is 3.81. The molecular weight excluding hydrogens is 284 g/mol. The molecule has 0 saturated carbocycles. The first-order valence-electron chi connectivity index (χ1n) is 7.08. The topological polar surface area (TPSA) is 55.1 Å². The summed E-state index contributed by atoms with van der Waals surface area (Å²) in [6.45, 7) is 3.71. The first-order valence-corrected chi connectivity index (χ1v) is 8.06. The van der Waals surface area contributed by atoms with Crippen LogP contribution in [0.5, 0.6) is 0 Å². The summed E-state index contributed by atoms with van der Waals surface area (Å²) in [4.78, 5) is 13.6. The number of aromatic nitrogens is 1. The molecule has 3 rings (SSSR count). The molecule has 0 radical (unpaired) electrons. The van der Waals surface area contributed by atoms with Crippen molar-refractivity contribution in [2.75, 3.05) is 5.75 Å². The van der Waals surface area contributed by atoms with Gasteiger partial charge in [0.2, 0.25) is 5.91 Å². The lowest BCUT2D eigenvalue weighted by Gasteiger charge is -2.25. The summed E-state index contributed by atoms with van der Waals surface area (Å²) in [6.07, 6.45) is 1.29. The minimum Gasteiger partial charge on any atom is -0.361 e. The van der Waals surface area contributed by atoms with E-state index in [4.69, 9.17) is 4.52 Å². The molecule has 2 aromatic rings. The molecule has 1 atom stereocenters. The second kappa shape index (κ2) is 5.93. The largest absolute Gasteiger partial charge is 0.361 e. The number of rotatable bonds is 3. The highest BCUT2D eigenvalue weighted by Crippen LogP contribution is 2.35. The fourth-order valence-corrected chi connectivity index (χ4v) is 3.78. The monoisotopic (exact) mass is 302 g/mol. The van der Waals surface area contributed by atoms with Crippen molar-refractivity contribution < 1.29 is 9.32 Å². The molecule has 0 fully saturated rings. The lowest BCUT2D eigenvalue weighted by Crippen LogP contribution is -2.32. The van der Waals surface area contributed by atoms with E-state index in [1.54, 1.807) is 0 Å². The van der Waals surface area contributed by atoms with Crippen LogP contribution in [-0.2, 0) is 11.2 Å². The summed E-state index contributed by atoms with van der Waals surface area (Å²) in [5, 5.41) is 7.04. The van der Waals surface area contributed by atoms with Gasteiger partial charge in [0.15, 0.2) is 0 Å². The van der Waals surface area contributed by atoms with E-state index in [9.17, 15) is 4.79 Å². The Bertz CT molecular complexity index is 647. The van der Waals surface area contributed by atoms with Crippen molar-refractivity contribution in [2.24, 2.45) is 0 Å². The van der Waals surface area contributed by atoms with E-state index < -0.39 is 0 Å². The van der Waals surface area contributed by atoms with Crippen LogP contribution in [0.3, 0.4) is 0 Å². The van der Waals surface area contributed by atoms with Gasteiger partial charge >= 0.3 is 0 Å². The van der Waals surface area contributed by atoms with Crippen LogP contribution in [0.25, 0.3) is 0 Å². The van der Waals surface area contributed by atoms with E-state index in [0.29, 0.717) is 6.42 Å². The number of carbonyl (C=O) groups is 1. The van der Waals surface area contributed by atoms with Gasteiger partial charge in [-0.3, -0.25) is 4.79 Å². The maximum atomic E-state index is 12.3. The van der Waals surface area contributed by atoms with Crippen LogP contribution < -0.4 is 5.32 Å². The summed E-state index contributed by atoms with van der Waals surface area (Å²) < 4.78 is 5.11. The van der Waals surface area contributed by atoms with E-state index in [0.717, 1.165) is 29.2 Å². The zero-order valence-corrected chi connectivity index (χ0v) is 13.0. The Balaban J connectivity index is 1.72. The number of nitrogens with one attached hydrogen (secondary N) is 1. The number of aryl methyl sites for hydroxylation is 2. The number of hydrogen-bond acceptors (Lipinski definition) is 4. The van der Waals surface area contributed by atoms with Crippen molar-refractivity contribution in [3.05, 3.63) is 46.8 Å². The predicted molar refractivity (Wildman–Crippen MR) is 82.3 cm³/mol. The molecule has 1 unspecified atom stereocenters. The summed E-state index contributed by atoms with van der Waals surface area (Å²) in [5.74, 6) is 1.78. The normalized spacial score (nSPS) is 17.3. The van der Waals surface area contributed by atoms with Crippen LogP contribution >= 0.6 is 11.8 Å². The zero-order chi connectivity index (χ0) is 14.8. The molecule has 5 heteroatoms. The Kier molecular flexibility index (Phi) is 4.01. The lowest BCUT2D eigenvalue weighted by molar-refractivity contribution is -0.121. The molecule has 1 aliphatic heterocycles. The van der Waals surface area contributed by atoms with Crippen molar-refractivity contribution in [3.63, 3.8) is 0 Å². The van der Waals surface area contributed by atoms with Crippen molar-refractivity contribution in [1.29, 1.82) is 0 Å². The van der Waals surface area contributed by atoms with Gasteiger partial charge in [-0.2, -0.15) is 0 Å². The molecule has 1 aliphatic rings. The lowest BCUT2D eigenvalue weighted by atomic mass is 10.0. The molecule has 0 spiro atoms. The number of hydrogen-bond donors (Lipinski definition) is 1. The molecule has 4 nitrogen and oxygen atoms in total. The first kappa shape index (κ1) is 14.2. The highest BCUT2D eigenvalue weighted by Gasteiger charge is 2.23. The van der Waals surface area contributed by atoms with Gasteiger partial charge < -0.3 is 9.84 Å². The Labute approximate surface area is 128 Å². The Morgan fingerprint density at radius 2 is 2.24 bits per heavy atom. The highest BCUT2D eigenvalue weighted by atomic mass is 32.2. The summed E-state index contributed by atoms with van der Waals surface area (Å²) in [7, 11) is 0. The van der Waals surface area contributed by atoms with Crippen molar-refractivity contribution in [1.82, 2.24) is 10.5 Å². The minimum absolute atomic E-state index is 0.0242. The quantitative estimate of drug-likeness (QED) is 0.946. The fraction of sp³-hybridized carbons (Fsp3) is 0.375. The second-order valence-corrected chi connectivity index (χ2v) is 6.41. The molecule has 2 heterocycles. The van der Waals surface area contributed by atoms with Gasteiger partial charge in [0.05, 0.1) is 18.2 Å². The van der Waals surface area contributed by atoms with Crippen molar-refractivity contribution in [2.45, 2.75) is 37.6 Å². The molecule has 1 amide bonds. The fourth-order valence-electron chi connectivity index (χ4n) is 2.65. The number of carbonyl (C=O) groups excluding carboxylic acids is 1. The molecule has 0 saturated heterocycles. The highest BCUT2D eigenvalue weighted by molar-refractivity contribution is 7.99. The Hall–Kier alpha value is -1.75. The molecular formula is C16H18N2O2S. The van der Waals surface area contributed by atoms with Gasteiger partial charge in [-0.15, -0.1) is 11.8 Å². The molecule has 110 valence electrons. The standard InChI is InChI=1S/C16H18N2O2S/c1-10-13(11(2)20-18-10)9-16(19)17-14-7-8-21-15-6-4-3-5-12(14)15/h3-6,14H,7-9H2,1-2H3,(H,17,19). The van der Waals surface area contributed by atoms with Crippen molar-refractivity contribution in [3.8, 4) is 0 Å². The maximum absolute atomic E-state index is 12.3. The molecule has 0 bridgehead atoms. The van der Waals surface area contributed by atoms with E-state index >= 15 is 0 Å². The summed E-state index contributed by atoms with van der Waals surface area (Å²) >= 11 is 1.85. The summed E-state index contributed by atoms with van der Waals surface area (Å²) in [6, 6.07) is 8.39. The van der Waals surface area contributed by atoms with Crippen LogP contribution in [0.4, 0.5) is 0 Å². The Morgan fingerprint density at radius 1 is 1.43 bits per heavy atom. The third kappa shape index (κ3) is 2.97. The average Bonchev–Trinajstić information content (AvgIpc) is 2.79. The van der Waals surface area contributed by atoms with E-state index in [-0.39, 0.29) is 11.9 Å². The molecule has 21 heavy (non-hydrogen) atoms. The van der Waals surface area contributed by atoms with Crippen LogP contribution in [-0.4, -0.2) is 16.8 Å². The maximum Gasteiger partial charge on any atom is 0.225 e. The average molecular weight is 302 g/mol. The van der Waals surface area contributed by atoms with Gasteiger partial charge in [-0.05, 0) is 31.9 Å². The van der Waals surface area contributed by atoms with Gasteiger partial charge in [0.1, 0.15) is 5.76 Å². The van der Waals surface area contributed by atoms with Gasteiger partial charge in [0, 0.05) is 16.2 Å². The predicted octanol–water partition coefficient (Wildman–Crippen LogP) is 3.19. The Morgan fingerprint density at radius 3 is 3.00 bits per heavy atom. The number of nitrogens with zero attached hydrogens (tertiary/aromatic N) is 1. The smallest absolute Gasteiger partial charge is 0.225 e. The number of fused-ring (bicyclic) bond motifs is 1. The summed E-state index contributed by atoms with van der Waals surface area (Å²) in [5.41, 5.74) is 2.91. The molecule has 0 aliphatic carbocycles. The van der Waals surface area contributed by atoms with Crippen LogP contribution in [0.1, 0.15) is 35.0 Å². The number of benzene rings is 1. The van der Waals surface area contributed by atoms with Gasteiger partial charge in [-0.25, -0.2) is 0 Å².